The number of carbonyl (C=O) groups excluding carboxylic acids is 3. The van der Waals surface area contributed by atoms with Crippen LogP contribution < -0.4 is 25.0 Å². The molecular weight excluding hydrogens is 458 g/mol. The molecule has 2 aliphatic rings. The summed E-state index contributed by atoms with van der Waals surface area (Å²) in [4.78, 5) is 40.7. The van der Waals surface area contributed by atoms with Gasteiger partial charge in [0.2, 0.25) is 11.8 Å². The van der Waals surface area contributed by atoms with E-state index in [0.29, 0.717) is 41.4 Å². The van der Waals surface area contributed by atoms with E-state index in [2.05, 4.69) is 10.6 Å². The zero-order valence-corrected chi connectivity index (χ0v) is 20.1. The van der Waals surface area contributed by atoms with Gasteiger partial charge in [0, 0.05) is 29.9 Å². The third kappa shape index (κ3) is 4.37. The number of benzene rings is 3. The van der Waals surface area contributed by atoms with Crippen LogP contribution in [0.5, 0.6) is 11.5 Å². The van der Waals surface area contributed by atoms with Gasteiger partial charge in [0.1, 0.15) is 11.5 Å². The third-order valence-electron chi connectivity index (χ3n) is 6.80. The standard InChI is InChI=1S/C28H27N3O5/c1-35-21-9-4-17(5-10-21)26-23(13-14-25(32)31(26)20-7-11-22(36-2)12-8-20)28(34)30-19-6-3-18-16-29-27(33)24(18)15-19/h3-12,15,23,26H,13-14,16H2,1-2H3,(H,29,33)(H,30,34). The van der Waals surface area contributed by atoms with E-state index in [4.69, 9.17) is 9.47 Å². The van der Waals surface area contributed by atoms with Crippen LogP contribution in [-0.2, 0) is 16.1 Å². The number of piperidine rings is 1. The number of fused-ring (bicyclic) bond motifs is 1. The summed E-state index contributed by atoms with van der Waals surface area (Å²) in [6.07, 6.45) is 0.642. The Labute approximate surface area is 209 Å². The van der Waals surface area contributed by atoms with Crippen LogP contribution in [0.3, 0.4) is 0 Å². The molecule has 0 aliphatic carbocycles. The van der Waals surface area contributed by atoms with Gasteiger partial charge in [-0.05, 0) is 66.1 Å². The Bertz CT molecular complexity index is 1300. The molecule has 0 radical (unpaired) electrons. The second-order valence-corrected chi connectivity index (χ2v) is 8.87. The van der Waals surface area contributed by atoms with Crippen LogP contribution in [0.2, 0.25) is 0 Å². The first-order chi connectivity index (χ1) is 17.5. The lowest BCUT2D eigenvalue weighted by atomic mass is 9.83. The Kier molecular flexibility index (Phi) is 6.33. The van der Waals surface area contributed by atoms with Crippen molar-refractivity contribution in [1.29, 1.82) is 0 Å². The van der Waals surface area contributed by atoms with Crippen molar-refractivity contribution in [3.63, 3.8) is 0 Å². The fraction of sp³-hybridized carbons (Fsp3) is 0.250. The molecule has 184 valence electrons. The van der Waals surface area contributed by atoms with Gasteiger partial charge in [-0.1, -0.05) is 18.2 Å². The number of ether oxygens (including phenoxy) is 2. The first-order valence-corrected chi connectivity index (χ1v) is 11.8. The highest BCUT2D eigenvalue weighted by Gasteiger charge is 2.41. The summed E-state index contributed by atoms with van der Waals surface area (Å²) in [7, 11) is 3.18. The summed E-state index contributed by atoms with van der Waals surface area (Å²) in [5.41, 5.74) is 3.54. The van der Waals surface area contributed by atoms with Crippen molar-refractivity contribution in [2.75, 3.05) is 24.4 Å². The maximum atomic E-state index is 13.6. The maximum absolute atomic E-state index is 13.6. The van der Waals surface area contributed by atoms with Crippen LogP contribution in [-0.4, -0.2) is 31.9 Å². The molecule has 2 atom stereocenters. The number of anilines is 2. The Balaban J connectivity index is 1.50. The first-order valence-electron chi connectivity index (χ1n) is 11.8. The normalized spacial score (nSPS) is 18.9. The fourth-order valence-electron chi connectivity index (χ4n) is 4.92. The van der Waals surface area contributed by atoms with E-state index in [0.717, 1.165) is 11.1 Å². The molecule has 2 unspecified atom stereocenters. The molecule has 0 bridgehead atoms. The van der Waals surface area contributed by atoms with Gasteiger partial charge in [0.15, 0.2) is 0 Å². The van der Waals surface area contributed by atoms with Crippen molar-refractivity contribution in [2.45, 2.75) is 25.4 Å². The Morgan fingerprint density at radius 2 is 1.61 bits per heavy atom. The second-order valence-electron chi connectivity index (χ2n) is 8.87. The van der Waals surface area contributed by atoms with Crippen LogP contribution >= 0.6 is 0 Å². The summed E-state index contributed by atoms with van der Waals surface area (Å²) in [5.74, 6) is 0.444. The summed E-state index contributed by atoms with van der Waals surface area (Å²) in [5, 5.41) is 5.78. The lowest BCUT2D eigenvalue weighted by molar-refractivity contribution is -0.125. The van der Waals surface area contributed by atoms with Crippen LogP contribution in [0, 0.1) is 5.92 Å². The molecule has 1 saturated heterocycles. The van der Waals surface area contributed by atoms with Crippen LogP contribution in [0.4, 0.5) is 11.4 Å². The Hall–Kier alpha value is -4.33. The van der Waals surface area contributed by atoms with Crippen LogP contribution in [0.15, 0.2) is 66.7 Å². The minimum Gasteiger partial charge on any atom is -0.497 e. The highest BCUT2D eigenvalue weighted by atomic mass is 16.5. The molecule has 5 rings (SSSR count). The predicted molar refractivity (Wildman–Crippen MR) is 135 cm³/mol. The minimum absolute atomic E-state index is 0.0563. The van der Waals surface area contributed by atoms with Gasteiger partial charge in [-0.2, -0.15) is 0 Å². The molecule has 8 nitrogen and oxygen atoms in total. The highest BCUT2D eigenvalue weighted by Crippen LogP contribution is 2.41. The molecular formula is C28H27N3O5. The van der Waals surface area contributed by atoms with Crippen molar-refractivity contribution in [1.82, 2.24) is 5.32 Å². The third-order valence-corrected chi connectivity index (χ3v) is 6.80. The lowest BCUT2D eigenvalue weighted by Crippen LogP contribution is -2.47. The van der Waals surface area contributed by atoms with E-state index < -0.39 is 12.0 Å². The summed E-state index contributed by atoms with van der Waals surface area (Å²) >= 11 is 0. The Morgan fingerprint density at radius 3 is 2.28 bits per heavy atom. The molecule has 0 saturated carbocycles. The van der Waals surface area contributed by atoms with E-state index in [1.165, 1.54) is 0 Å². The number of amides is 3. The van der Waals surface area contributed by atoms with Crippen molar-refractivity contribution in [3.05, 3.63) is 83.4 Å². The smallest absolute Gasteiger partial charge is 0.251 e. The highest BCUT2D eigenvalue weighted by molar-refractivity contribution is 6.02. The first kappa shape index (κ1) is 23.4. The molecule has 3 aromatic carbocycles. The summed E-state index contributed by atoms with van der Waals surface area (Å²) < 4.78 is 10.6. The SMILES string of the molecule is COc1ccc(C2C(C(=O)Nc3ccc4c(c3)C(=O)NC4)CCC(=O)N2c2ccc(OC)cc2)cc1. The number of nitrogens with zero attached hydrogens (tertiary/aromatic N) is 1. The fourth-order valence-corrected chi connectivity index (χ4v) is 4.92. The number of carbonyl (C=O) groups is 3. The number of rotatable bonds is 6. The molecule has 2 heterocycles. The quantitative estimate of drug-likeness (QED) is 0.549. The molecule has 0 spiro atoms. The number of nitrogens with one attached hydrogen (secondary N) is 2. The molecule has 3 aromatic rings. The Morgan fingerprint density at radius 1 is 0.944 bits per heavy atom. The zero-order valence-electron chi connectivity index (χ0n) is 20.1. The largest absolute Gasteiger partial charge is 0.497 e. The van der Waals surface area contributed by atoms with E-state index in [9.17, 15) is 14.4 Å². The molecule has 36 heavy (non-hydrogen) atoms. The zero-order chi connectivity index (χ0) is 25.2. The van der Waals surface area contributed by atoms with Gasteiger partial charge >= 0.3 is 0 Å². The molecule has 2 N–H and O–H groups in total. The number of hydrogen-bond donors (Lipinski definition) is 2. The summed E-state index contributed by atoms with van der Waals surface area (Å²) in [6, 6.07) is 19.5. The average molecular weight is 486 g/mol. The monoisotopic (exact) mass is 485 g/mol. The molecule has 2 aliphatic heterocycles. The number of hydrogen-bond acceptors (Lipinski definition) is 5. The predicted octanol–water partition coefficient (Wildman–Crippen LogP) is 4.07. The van der Waals surface area contributed by atoms with Gasteiger partial charge in [-0.15, -0.1) is 0 Å². The van der Waals surface area contributed by atoms with Gasteiger partial charge in [-0.3, -0.25) is 14.4 Å². The number of methoxy groups -OCH3 is 2. The van der Waals surface area contributed by atoms with E-state index in [1.54, 1.807) is 43.4 Å². The van der Waals surface area contributed by atoms with Gasteiger partial charge in [0.25, 0.3) is 5.91 Å². The molecule has 1 fully saturated rings. The topological polar surface area (TPSA) is 97.0 Å². The minimum atomic E-state index is -0.525. The van der Waals surface area contributed by atoms with Gasteiger partial charge in [-0.25, -0.2) is 0 Å². The van der Waals surface area contributed by atoms with Crippen LogP contribution in [0.1, 0.15) is 40.4 Å². The van der Waals surface area contributed by atoms with Gasteiger partial charge < -0.3 is 25.0 Å². The van der Waals surface area contributed by atoms with E-state index in [-0.39, 0.29) is 24.1 Å². The maximum Gasteiger partial charge on any atom is 0.251 e. The van der Waals surface area contributed by atoms with Crippen molar-refractivity contribution in [3.8, 4) is 11.5 Å². The average Bonchev–Trinajstić information content (AvgIpc) is 3.28. The second kappa shape index (κ2) is 9.73. The van der Waals surface area contributed by atoms with Crippen LogP contribution in [0.25, 0.3) is 0 Å². The van der Waals surface area contributed by atoms with E-state index >= 15 is 0 Å². The van der Waals surface area contributed by atoms with E-state index in [1.807, 2.05) is 42.5 Å². The molecule has 0 aromatic heterocycles. The van der Waals surface area contributed by atoms with Crippen molar-refractivity contribution >= 4 is 29.1 Å². The molecule has 3 amide bonds. The molecule has 8 heteroatoms. The van der Waals surface area contributed by atoms with Crippen molar-refractivity contribution in [2.24, 2.45) is 5.92 Å². The lowest BCUT2D eigenvalue weighted by Gasteiger charge is -2.41. The summed E-state index contributed by atoms with van der Waals surface area (Å²) in [6.45, 7) is 0.490. The van der Waals surface area contributed by atoms with Gasteiger partial charge in [0.05, 0.1) is 26.2 Å². The van der Waals surface area contributed by atoms with Crippen molar-refractivity contribution < 1.29 is 23.9 Å².